The summed E-state index contributed by atoms with van der Waals surface area (Å²) in [6.07, 6.45) is 2.42. The number of likely N-dealkylation sites (tertiary alicyclic amines) is 1. The lowest BCUT2D eigenvalue weighted by molar-refractivity contribution is -0.122. The van der Waals surface area contributed by atoms with E-state index in [1.165, 1.54) is 5.56 Å². The molecule has 1 heterocycles. The van der Waals surface area contributed by atoms with Crippen molar-refractivity contribution in [1.29, 1.82) is 0 Å². The first-order valence-electron chi connectivity index (χ1n) is 10.3. The van der Waals surface area contributed by atoms with Gasteiger partial charge in [-0.05, 0) is 37.5 Å². The minimum atomic E-state index is -0.407. The Morgan fingerprint density at radius 1 is 1.14 bits per heavy atom. The zero-order chi connectivity index (χ0) is 20.0. The van der Waals surface area contributed by atoms with Crippen LogP contribution < -0.4 is 4.90 Å². The average Bonchev–Trinajstić information content (AvgIpc) is 2.75. The second-order valence-corrected chi connectivity index (χ2v) is 7.79. The minimum absolute atomic E-state index is 0.0281. The van der Waals surface area contributed by atoms with E-state index >= 15 is 0 Å². The number of methoxy groups -OCH3 is 1. The van der Waals surface area contributed by atoms with Gasteiger partial charge in [0.15, 0.2) is 0 Å². The van der Waals surface area contributed by atoms with Crippen molar-refractivity contribution >= 4 is 11.6 Å². The minimum Gasteiger partial charge on any atom is -0.375 e. The summed E-state index contributed by atoms with van der Waals surface area (Å²) in [7, 11) is 1.77. The SMILES string of the molecule is CCC(=O)N(c1ccccc1)C1CCN(CCc2ccccc2)CC1(C)OC. The van der Waals surface area contributed by atoms with E-state index in [1.54, 1.807) is 7.11 Å². The summed E-state index contributed by atoms with van der Waals surface area (Å²) >= 11 is 0. The Morgan fingerprint density at radius 3 is 2.39 bits per heavy atom. The van der Waals surface area contributed by atoms with Crippen molar-refractivity contribution in [3.63, 3.8) is 0 Å². The Morgan fingerprint density at radius 2 is 1.79 bits per heavy atom. The zero-order valence-electron chi connectivity index (χ0n) is 17.3. The van der Waals surface area contributed by atoms with E-state index in [-0.39, 0.29) is 11.9 Å². The van der Waals surface area contributed by atoms with Crippen molar-refractivity contribution < 1.29 is 9.53 Å². The molecule has 0 spiro atoms. The van der Waals surface area contributed by atoms with E-state index in [0.717, 1.165) is 38.2 Å². The van der Waals surface area contributed by atoms with Crippen LogP contribution in [0.1, 0.15) is 32.3 Å². The van der Waals surface area contributed by atoms with Gasteiger partial charge in [-0.25, -0.2) is 0 Å². The summed E-state index contributed by atoms with van der Waals surface area (Å²) < 4.78 is 6.04. The lowest BCUT2D eigenvalue weighted by atomic mass is 9.86. The predicted molar refractivity (Wildman–Crippen MR) is 115 cm³/mol. The number of benzene rings is 2. The number of ether oxygens (including phenoxy) is 1. The van der Waals surface area contributed by atoms with Crippen LogP contribution in [0.4, 0.5) is 5.69 Å². The molecule has 0 radical (unpaired) electrons. The van der Waals surface area contributed by atoms with Gasteiger partial charge in [0, 0.05) is 38.9 Å². The number of carbonyl (C=O) groups excluding carboxylic acids is 1. The maximum atomic E-state index is 12.9. The standard InChI is InChI=1S/C24H32N2O2/c1-4-23(27)26(21-13-9-6-10-14-21)22-16-18-25(19-24(22,2)28-3)17-15-20-11-7-5-8-12-20/h5-14,22H,4,15-19H2,1-3H3. The summed E-state index contributed by atoms with van der Waals surface area (Å²) in [5.41, 5.74) is 1.91. The summed E-state index contributed by atoms with van der Waals surface area (Å²) in [4.78, 5) is 17.3. The molecule has 1 saturated heterocycles. The molecule has 4 heteroatoms. The second-order valence-electron chi connectivity index (χ2n) is 7.79. The van der Waals surface area contributed by atoms with Crippen LogP contribution in [-0.2, 0) is 16.0 Å². The highest BCUT2D eigenvalue weighted by atomic mass is 16.5. The number of piperidine rings is 1. The summed E-state index contributed by atoms with van der Waals surface area (Å²) in [5, 5.41) is 0. The lowest BCUT2D eigenvalue weighted by Gasteiger charge is -2.49. The maximum Gasteiger partial charge on any atom is 0.227 e. The average molecular weight is 381 g/mol. The largest absolute Gasteiger partial charge is 0.375 e. The normalized spacial score (nSPS) is 22.8. The van der Waals surface area contributed by atoms with Gasteiger partial charge in [-0.15, -0.1) is 0 Å². The van der Waals surface area contributed by atoms with Crippen molar-refractivity contribution in [3.05, 3.63) is 66.2 Å². The van der Waals surface area contributed by atoms with E-state index in [9.17, 15) is 4.79 Å². The van der Waals surface area contributed by atoms with Crippen molar-refractivity contribution in [1.82, 2.24) is 4.90 Å². The molecule has 0 saturated carbocycles. The van der Waals surface area contributed by atoms with Gasteiger partial charge in [0.25, 0.3) is 0 Å². The maximum absolute atomic E-state index is 12.9. The number of nitrogens with zero attached hydrogens (tertiary/aromatic N) is 2. The Hall–Kier alpha value is -2.17. The third kappa shape index (κ3) is 4.62. The van der Waals surface area contributed by atoms with Crippen molar-refractivity contribution in [2.75, 3.05) is 31.6 Å². The summed E-state index contributed by atoms with van der Waals surface area (Å²) in [5.74, 6) is 0.150. The quantitative estimate of drug-likeness (QED) is 0.723. The Labute approximate surface area is 169 Å². The van der Waals surface area contributed by atoms with Crippen LogP contribution in [0.5, 0.6) is 0 Å². The van der Waals surface area contributed by atoms with Gasteiger partial charge in [-0.2, -0.15) is 0 Å². The van der Waals surface area contributed by atoms with Crippen molar-refractivity contribution in [2.45, 2.75) is 44.8 Å². The number of para-hydroxylation sites is 1. The van der Waals surface area contributed by atoms with Gasteiger partial charge >= 0.3 is 0 Å². The lowest BCUT2D eigenvalue weighted by Crippen LogP contribution is -2.63. The number of carbonyl (C=O) groups is 1. The van der Waals surface area contributed by atoms with Crippen LogP contribution in [0.25, 0.3) is 0 Å². The highest BCUT2D eigenvalue weighted by molar-refractivity contribution is 5.94. The number of amides is 1. The smallest absolute Gasteiger partial charge is 0.227 e. The first kappa shape index (κ1) is 20.6. The third-order valence-electron chi connectivity index (χ3n) is 5.90. The molecular weight excluding hydrogens is 348 g/mol. The van der Waals surface area contributed by atoms with E-state index in [0.29, 0.717) is 6.42 Å². The summed E-state index contributed by atoms with van der Waals surface area (Å²) in [6, 6.07) is 20.6. The van der Waals surface area contributed by atoms with Gasteiger partial charge in [0.05, 0.1) is 11.6 Å². The van der Waals surface area contributed by atoms with Gasteiger partial charge in [0.1, 0.15) is 0 Å². The predicted octanol–water partition coefficient (Wildman–Crippen LogP) is 4.15. The Kier molecular flexibility index (Phi) is 6.87. The number of rotatable bonds is 7. The number of hydrogen-bond acceptors (Lipinski definition) is 3. The van der Waals surface area contributed by atoms with Crippen LogP contribution in [0.3, 0.4) is 0 Å². The Balaban J connectivity index is 1.76. The molecule has 1 aliphatic heterocycles. The zero-order valence-corrected chi connectivity index (χ0v) is 17.3. The molecule has 2 aromatic carbocycles. The van der Waals surface area contributed by atoms with E-state index in [4.69, 9.17) is 4.74 Å². The molecule has 2 atom stereocenters. The van der Waals surface area contributed by atoms with Crippen LogP contribution in [0.15, 0.2) is 60.7 Å². The monoisotopic (exact) mass is 380 g/mol. The molecule has 0 N–H and O–H groups in total. The van der Waals surface area contributed by atoms with Gasteiger partial charge < -0.3 is 9.64 Å². The molecule has 0 aliphatic carbocycles. The van der Waals surface area contributed by atoms with Crippen LogP contribution >= 0.6 is 0 Å². The number of hydrogen-bond donors (Lipinski definition) is 0. The van der Waals surface area contributed by atoms with E-state index < -0.39 is 5.60 Å². The molecule has 150 valence electrons. The van der Waals surface area contributed by atoms with Crippen molar-refractivity contribution in [2.24, 2.45) is 0 Å². The molecule has 1 fully saturated rings. The molecule has 1 amide bonds. The van der Waals surface area contributed by atoms with Crippen LogP contribution in [0.2, 0.25) is 0 Å². The first-order chi connectivity index (χ1) is 13.6. The van der Waals surface area contributed by atoms with Crippen LogP contribution in [-0.4, -0.2) is 49.2 Å². The molecule has 28 heavy (non-hydrogen) atoms. The fourth-order valence-corrected chi connectivity index (χ4v) is 4.22. The number of anilines is 1. The van der Waals surface area contributed by atoms with Crippen molar-refractivity contribution in [3.8, 4) is 0 Å². The van der Waals surface area contributed by atoms with Gasteiger partial charge in [0.2, 0.25) is 5.91 Å². The Bertz CT molecular complexity index is 750. The molecule has 3 rings (SSSR count). The third-order valence-corrected chi connectivity index (χ3v) is 5.90. The van der Waals surface area contributed by atoms with Crippen LogP contribution in [0, 0.1) is 0 Å². The van der Waals surface area contributed by atoms with Gasteiger partial charge in [-0.1, -0.05) is 55.5 Å². The summed E-state index contributed by atoms with van der Waals surface area (Å²) in [6.45, 7) is 6.86. The van der Waals surface area contributed by atoms with Gasteiger partial charge in [-0.3, -0.25) is 9.69 Å². The van der Waals surface area contributed by atoms with E-state index in [1.807, 2.05) is 42.2 Å². The fraction of sp³-hybridized carbons (Fsp3) is 0.458. The van der Waals surface area contributed by atoms with E-state index in [2.05, 4.69) is 42.2 Å². The fourth-order valence-electron chi connectivity index (χ4n) is 4.22. The molecular formula is C24H32N2O2. The molecule has 4 nitrogen and oxygen atoms in total. The topological polar surface area (TPSA) is 32.8 Å². The molecule has 0 bridgehead atoms. The molecule has 2 aromatic rings. The molecule has 1 aliphatic rings. The second kappa shape index (κ2) is 9.35. The first-order valence-corrected chi connectivity index (χ1v) is 10.3. The highest BCUT2D eigenvalue weighted by Crippen LogP contribution is 2.33. The highest BCUT2D eigenvalue weighted by Gasteiger charge is 2.44. The molecule has 2 unspecified atom stereocenters. The molecule has 0 aromatic heterocycles.